The number of aromatic nitrogens is 4. The molecule has 1 atom stereocenters. The molecular formula is C19H20BrN5O6S. The zero-order valence-corrected chi connectivity index (χ0v) is 19.4. The molecular weight excluding hydrogens is 506 g/mol. The molecule has 0 amide bonds. The number of aromatic amines is 1. The number of hydrogen-bond acceptors (Lipinski definition) is 8. The summed E-state index contributed by atoms with van der Waals surface area (Å²) in [5, 5.41) is 3.86. The molecule has 2 aromatic heterocycles. The van der Waals surface area contributed by atoms with Crippen molar-refractivity contribution in [3.63, 3.8) is 0 Å². The Labute approximate surface area is 191 Å². The van der Waals surface area contributed by atoms with E-state index < -0.39 is 27.3 Å². The minimum atomic E-state index is -3.78. The molecule has 11 nitrogen and oxygen atoms in total. The molecule has 32 heavy (non-hydrogen) atoms. The summed E-state index contributed by atoms with van der Waals surface area (Å²) in [7, 11) is -2.28. The number of H-pyrrole nitrogens is 1. The SMILES string of the molecule is COCCn1cc(-c2noc(C3CCCN3S(=O)(=O)c3ccc(Br)cc3)n2)c(=O)[nH]c1=O. The van der Waals surface area contributed by atoms with Gasteiger partial charge in [0.1, 0.15) is 11.6 Å². The highest BCUT2D eigenvalue weighted by Crippen LogP contribution is 2.36. The van der Waals surface area contributed by atoms with Gasteiger partial charge in [-0.05, 0) is 37.1 Å². The molecule has 1 aromatic carbocycles. The molecule has 0 radical (unpaired) electrons. The van der Waals surface area contributed by atoms with Crippen LogP contribution in [0.3, 0.4) is 0 Å². The number of hydrogen-bond donors (Lipinski definition) is 1. The maximum absolute atomic E-state index is 13.2. The second-order valence-corrected chi connectivity index (χ2v) is 9.98. The van der Waals surface area contributed by atoms with Crippen LogP contribution in [0.15, 0.2) is 53.9 Å². The summed E-state index contributed by atoms with van der Waals surface area (Å²) in [6, 6.07) is 5.72. The third-order valence-corrected chi connectivity index (χ3v) is 7.59. The van der Waals surface area contributed by atoms with Crippen LogP contribution in [0.4, 0.5) is 0 Å². The van der Waals surface area contributed by atoms with Gasteiger partial charge in [0, 0.05) is 24.3 Å². The van der Waals surface area contributed by atoms with Crippen molar-refractivity contribution in [2.75, 3.05) is 20.3 Å². The van der Waals surface area contributed by atoms with E-state index in [0.29, 0.717) is 19.4 Å². The smallest absolute Gasteiger partial charge is 0.328 e. The standard InChI is InChI=1S/C19H20BrN5O6S/c1-30-10-9-24-11-14(17(26)22-19(24)27)16-21-18(31-23-16)15-3-2-8-25(15)32(28,29)13-6-4-12(20)5-7-13/h4-7,11,15H,2-3,8-10H2,1H3,(H,22,26,27). The molecule has 170 valence electrons. The molecule has 1 fully saturated rings. The minimum absolute atomic E-state index is 0.0275. The summed E-state index contributed by atoms with van der Waals surface area (Å²) in [6.45, 7) is 0.808. The number of nitrogens with zero attached hydrogens (tertiary/aromatic N) is 4. The first-order valence-electron chi connectivity index (χ1n) is 9.75. The van der Waals surface area contributed by atoms with Crippen molar-refractivity contribution in [3.05, 3.63) is 61.7 Å². The highest BCUT2D eigenvalue weighted by molar-refractivity contribution is 9.10. The molecule has 1 N–H and O–H groups in total. The third-order valence-electron chi connectivity index (χ3n) is 5.14. The van der Waals surface area contributed by atoms with E-state index in [-0.39, 0.29) is 35.3 Å². The fourth-order valence-corrected chi connectivity index (χ4v) is 5.44. The first-order valence-corrected chi connectivity index (χ1v) is 12.0. The molecule has 3 aromatic rings. The number of halogens is 1. The Hall–Kier alpha value is -2.61. The molecule has 0 spiro atoms. The number of sulfonamides is 1. The van der Waals surface area contributed by atoms with Crippen LogP contribution in [0.25, 0.3) is 11.4 Å². The zero-order valence-electron chi connectivity index (χ0n) is 17.0. The van der Waals surface area contributed by atoms with Gasteiger partial charge in [0.25, 0.3) is 5.56 Å². The molecule has 1 unspecified atom stereocenters. The largest absolute Gasteiger partial charge is 0.383 e. The van der Waals surface area contributed by atoms with E-state index in [4.69, 9.17) is 9.26 Å². The molecule has 1 aliphatic rings. The normalized spacial score (nSPS) is 17.1. The molecule has 0 bridgehead atoms. The molecule has 3 heterocycles. The monoisotopic (exact) mass is 525 g/mol. The summed E-state index contributed by atoms with van der Waals surface area (Å²) < 4.78 is 40.0. The molecule has 1 aliphatic heterocycles. The van der Waals surface area contributed by atoms with Crippen molar-refractivity contribution in [1.29, 1.82) is 0 Å². The van der Waals surface area contributed by atoms with Crippen LogP contribution < -0.4 is 11.2 Å². The first-order chi connectivity index (χ1) is 15.3. The van der Waals surface area contributed by atoms with Crippen LogP contribution in [0, 0.1) is 0 Å². The summed E-state index contributed by atoms with van der Waals surface area (Å²) in [6.07, 6.45) is 2.46. The summed E-state index contributed by atoms with van der Waals surface area (Å²) in [5.74, 6) is 0.0625. The molecule has 1 saturated heterocycles. The third kappa shape index (κ3) is 4.33. The molecule has 0 aliphatic carbocycles. The van der Waals surface area contributed by atoms with Gasteiger partial charge < -0.3 is 9.26 Å². The average molecular weight is 526 g/mol. The second-order valence-electron chi connectivity index (χ2n) is 7.17. The summed E-state index contributed by atoms with van der Waals surface area (Å²) in [5.41, 5.74) is -1.21. The van der Waals surface area contributed by atoms with E-state index in [0.717, 1.165) is 4.47 Å². The van der Waals surface area contributed by atoms with Crippen molar-refractivity contribution in [2.45, 2.75) is 30.3 Å². The number of benzene rings is 1. The van der Waals surface area contributed by atoms with Crippen LogP contribution in [-0.2, 0) is 21.3 Å². The van der Waals surface area contributed by atoms with Gasteiger partial charge in [-0.25, -0.2) is 13.2 Å². The van der Waals surface area contributed by atoms with E-state index in [9.17, 15) is 18.0 Å². The van der Waals surface area contributed by atoms with Crippen LogP contribution >= 0.6 is 15.9 Å². The number of rotatable bonds is 7. The Balaban J connectivity index is 1.65. The fraction of sp³-hybridized carbons (Fsp3) is 0.368. The van der Waals surface area contributed by atoms with Crippen LogP contribution in [0.2, 0.25) is 0 Å². The van der Waals surface area contributed by atoms with E-state index >= 15 is 0 Å². The van der Waals surface area contributed by atoms with Gasteiger partial charge >= 0.3 is 5.69 Å². The Bertz CT molecular complexity index is 1330. The number of nitrogens with one attached hydrogen (secondary N) is 1. The Morgan fingerprint density at radius 1 is 1.28 bits per heavy atom. The zero-order chi connectivity index (χ0) is 22.9. The summed E-state index contributed by atoms with van der Waals surface area (Å²) >= 11 is 3.30. The lowest BCUT2D eigenvalue weighted by molar-refractivity contribution is 0.185. The van der Waals surface area contributed by atoms with E-state index in [1.807, 2.05) is 0 Å². The Kier molecular flexibility index (Phi) is 6.42. The lowest BCUT2D eigenvalue weighted by atomic mass is 10.2. The van der Waals surface area contributed by atoms with Crippen LogP contribution in [0.5, 0.6) is 0 Å². The van der Waals surface area contributed by atoms with E-state index in [1.165, 1.54) is 34.3 Å². The van der Waals surface area contributed by atoms with Crippen molar-refractivity contribution in [3.8, 4) is 11.4 Å². The fourth-order valence-electron chi connectivity index (χ4n) is 3.52. The van der Waals surface area contributed by atoms with Gasteiger partial charge in [0.15, 0.2) is 0 Å². The van der Waals surface area contributed by atoms with Gasteiger partial charge in [0.2, 0.25) is 21.7 Å². The van der Waals surface area contributed by atoms with E-state index in [1.54, 1.807) is 12.1 Å². The molecule has 4 rings (SSSR count). The number of methoxy groups -OCH3 is 1. The molecule has 0 saturated carbocycles. The second kappa shape index (κ2) is 9.10. The van der Waals surface area contributed by atoms with Gasteiger partial charge in [-0.1, -0.05) is 21.1 Å². The number of ether oxygens (including phenoxy) is 1. The van der Waals surface area contributed by atoms with E-state index in [2.05, 4.69) is 31.1 Å². The highest BCUT2D eigenvalue weighted by Gasteiger charge is 2.39. The quantitative estimate of drug-likeness (QED) is 0.489. The minimum Gasteiger partial charge on any atom is -0.383 e. The van der Waals surface area contributed by atoms with Gasteiger partial charge in [-0.3, -0.25) is 14.3 Å². The van der Waals surface area contributed by atoms with Crippen molar-refractivity contribution in [2.24, 2.45) is 0 Å². The van der Waals surface area contributed by atoms with Crippen molar-refractivity contribution < 1.29 is 17.7 Å². The highest BCUT2D eigenvalue weighted by atomic mass is 79.9. The predicted octanol–water partition coefficient (Wildman–Crippen LogP) is 1.52. The topological polar surface area (TPSA) is 140 Å². The lowest BCUT2D eigenvalue weighted by Crippen LogP contribution is -2.31. The maximum atomic E-state index is 13.2. The first kappa shape index (κ1) is 22.6. The average Bonchev–Trinajstić information content (AvgIpc) is 3.43. The maximum Gasteiger partial charge on any atom is 0.328 e. The Morgan fingerprint density at radius 2 is 2.03 bits per heavy atom. The van der Waals surface area contributed by atoms with Crippen molar-refractivity contribution in [1.82, 2.24) is 24.0 Å². The summed E-state index contributed by atoms with van der Waals surface area (Å²) in [4.78, 5) is 30.9. The van der Waals surface area contributed by atoms with Crippen molar-refractivity contribution >= 4 is 26.0 Å². The Morgan fingerprint density at radius 3 is 2.75 bits per heavy atom. The molecule has 13 heteroatoms. The van der Waals surface area contributed by atoms with Crippen LogP contribution in [-0.4, -0.2) is 52.7 Å². The predicted molar refractivity (Wildman–Crippen MR) is 116 cm³/mol. The lowest BCUT2D eigenvalue weighted by Gasteiger charge is -2.21. The van der Waals surface area contributed by atoms with Crippen LogP contribution in [0.1, 0.15) is 24.8 Å². The van der Waals surface area contributed by atoms with Gasteiger partial charge in [-0.15, -0.1) is 0 Å². The van der Waals surface area contributed by atoms with Gasteiger partial charge in [0.05, 0.1) is 18.0 Å². The van der Waals surface area contributed by atoms with Gasteiger partial charge in [-0.2, -0.15) is 9.29 Å².